The summed E-state index contributed by atoms with van der Waals surface area (Å²) in [6.45, 7) is 3.08. The molecule has 0 radical (unpaired) electrons. The van der Waals surface area contributed by atoms with Crippen LogP contribution in [0.4, 0.5) is 11.4 Å². The lowest BCUT2D eigenvalue weighted by Crippen LogP contribution is -2.37. The van der Waals surface area contributed by atoms with Crippen molar-refractivity contribution in [3.05, 3.63) is 89.4 Å². The van der Waals surface area contributed by atoms with Crippen molar-refractivity contribution in [1.82, 2.24) is 4.90 Å². The molecule has 0 aromatic heterocycles. The Bertz CT molecular complexity index is 1200. The Labute approximate surface area is 215 Å². The summed E-state index contributed by atoms with van der Waals surface area (Å²) in [5, 5.41) is 3.72. The van der Waals surface area contributed by atoms with E-state index in [2.05, 4.69) is 5.32 Å². The van der Waals surface area contributed by atoms with Crippen LogP contribution >= 0.6 is 23.8 Å². The zero-order chi connectivity index (χ0) is 24.8. The number of carbonyl (C=O) groups is 2. The number of carbonyl (C=O) groups excluding carboxylic acids is 2. The smallest absolute Gasteiger partial charge is 0.256 e. The Morgan fingerprint density at radius 2 is 1.80 bits per heavy atom. The van der Waals surface area contributed by atoms with Gasteiger partial charge in [-0.1, -0.05) is 54.9 Å². The molecule has 3 aromatic rings. The Hall–Kier alpha value is -3.42. The number of amides is 2. The van der Waals surface area contributed by atoms with Crippen molar-refractivity contribution in [2.24, 2.45) is 0 Å². The van der Waals surface area contributed by atoms with Crippen molar-refractivity contribution in [1.29, 1.82) is 0 Å². The second kappa shape index (κ2) is 11.3. The maximum atomic E-state index is 13.5. The van der Waals surface area contributed by atoms with Gasteiger partial charge in [0.1, 0.15) is 11.8 Å². The van der Waals surface area contributed by atoms with E-state index < -0.39 is 6.04 Å². The normalized spacial score (nSPS) is 15.4. The lowest BCUT2D eigenvalue weighted by molar-refractivity contribution is -0.124. The molecule has 1 unspecified atom stereocenters. The lowest BCUT2D eigenvalue weighted by Gasteiger charge is -2.24. The van der Waals surface area contributed by atoms with Crippen LogP contribution in [-0.4, -0.2) is 34.5 Å². The second-order valence-corrected chi connectivity index (χ2v) is 8.99. The van der Waals surface area contributed by atoms with Gasteiger partial charge in [0.2, 0.25) is 5.91 Å². The van der Waals surface area contributed by atoms with E-state index in [1.165, 1.54) is 4.90 Å². The van der Waals surface area contributed by atoms with Crippen molar-refractivity contribution in [2.75, 3.05) is 16.8 Å². The van der Waals surface area contributed by atoms with Crippen LogP contribution in [0.3, 0.4) is 0 Å². The third-order valence-corrected chi connectivity index (χ3v) is 6.22. The van der Waals surface area contributed by atoms with Gasteiger partial charge in [-0.25, -0.2) is 0 Å². The van der Waals surface area contributed by atoms with Crippen LogP contribution in [-0.2, 0) is 16.1 Å². The highest BCUT2D eigenvalue weighted by molar-refractivity contribution is 7.80. The number of benzene rings is 3. The maximum Gasteiger partial charge on any atom is 0.256 e. The standard InChI is InChI=1S/C27H26ClN3O3S/c1-2-15-34-23-13-11-21(12-14-23)29-25(32)17-24-26(33)31(22-10-6-9-20(28)16-22)27(35)30(24)18-19-7-4-3-5-8-19/h3-14,16,24H,2,15,17-18H2,1H3,(H,29,32). The average Bonchev–Trinajstić information content (AvgIpc) is 3.08. The summed E-state index contributed by atoms with van der Waals surface area (Å²) < 4.78 is 5.59. The summed E-state index contributed by atoms with van der Waals surface area (Å²) in [6, 6.07) is 23.1. The highest BCUT2D eigenvalue weighted by Gasteiger charge is 2.44. The van der Waals surface area contributed by atoms with Gasteiger partial charge in [0.25, 0.3) is 5.91 Å². The summed E-state index contributed by atoms with van der Waals surface area (Å²) in [6.07, 6.45) is 0.873. The molecule has 1 aliphatic heterocycles. The van der Waals surface area contributed by atoms with Crippen LogP contribution in [0.15, 0.2) is 78.9 Å². The topological polar surface area (TPSA) is 61.9 Å². The van der Waals surface area contributed by atoms with Gasteiger partial charge < -0.3 is 15.0 Å². The number of nitrogens with zero attached hydrogens (tertiary/aromatic N) is 2. The first-order chi connectivity index (χ1) is 17.0. The predicted octanol–water partition coefficient (Wildman–Crippen LogP) is 5.66. The van der Waals surface area contributed by atoms with Crippen molar-refractivity contribution in [3.8, 4) is 5.75 Å². The van der Waals surface area contributed by atoms with E-state index in [-0.39, 0.29) is 18.2 Å². The number of thiocarbonyl (C=S) groups is 1. The minimum atomic E-state index is -0.742. The molecule has 4 rings (SSSR count). The molecule has 2 amide bonds. The van der Waals surface area contributed by atoms with Crippen LogP contribution in [0.2, 0.25) is 5.02 Å². The largest absolute Gasteiger partial charge is 0.494 e. The minimum Gasteiger partial charge on any atom is -0.494 e. The molecule has 1 atom stereocenters. The van der Waals surface area contributed by atoms with Gasteiger partial charge >= 0.3 is 0 Å². The Balaban J connectivity index is 1.53. The van der Waals surface area contributed by atoms with E-state index in [1.54, 1.807) is 41.3 Å². The van der Waals surface area contributed by atoms with Gasteiger partial charge in [0.05, 0.1) is 18.7 Å². The molecular weight excluding hydrogens is 482 g/mol. The molecule has 0 spiro atoms. The molecule has 0 aliphatic carbocycles. The molecule has 1 fully saturated rings. The average molecular weight is 508 g/mol. The van der Waals surface area contributed by atoms with Crippen molar-refractivity contribution >= 4 is 52.1 Å². The number of hydrogen-bond donors (Lipinski definition) is 1. The van der Waals surface area contributed by atoms with E-state index >= 15 is 0 Å². The fraction of sp³-hybridized carbons (Fsp3) is 0.222. The van der Waals surface area contributed by atoms with E-state index in [0.717, 1.165) is 17.7 Å². The molecule has 0 bridgehead atoms. The lowest BCUT2D eigenvalue weighted by atomic mass is 10.1. The highest BCUT2D eigenvalue weighted by Crippen LogP contribution is 2.30. The van der Waals surface area contributed by atoms with E-state index in [0.29, 0.717) is 34.7 Å². The van der Waals surface area contributed by atoms with Crippen LogP contribution in [0, 0.1) is 0 Å². The molecule has 3 aromatic carbocycles. The van der Waals surface area contributed by atoms with Crippen molar-refractivity contribution in [3.63, 3.8) is 0 Å². The number of hydrogen-bond acceptors (Lipinski definition) is 4. The van der Waals surface area contributed by atoms with Crippen LogP contribution in [0.1, 0.15) is 25.3 Å². The Morgan fingerprint density at radius 1 is 1.06 bits per heavy atom. The minimum absolute atomic E-state index is 0.0447. The summed E-state index contributed by atoms with van der Waals surface area (Å²) in [5.41, 5.74) is 2.20. The Kier molecular flexibility index (Phi) is 8.00. The number of anilines is 2. The molecule has 6 nitrogen and oxygen atoms in total. The molecule has 1 heterocycles. The highest BCUT2D eigenvalue weighted by atomic mass is 35.5. The van der Waals surface area contributed by atoms with E-state index in [1.807, 2.05) is 49.4 Å². The van der Waals surface area contributed by atoms with Crippen LogP contribution in [0.5, 0.6) is 5.75 Å². The molecular formula is C27H26ClN3O3S. The summed E-state index contributed by atoms with van der Waals surface area (Å²) in [4.78, 5) is 29.7. The third-order valence-electron chi connectivity index (χ3n) is 5.57. The van der Waals surface area contributed by atoms with Gasteiger partial charge in [-0.05, 0) is 66.7 Å². The molecule has 1 saturated heterocycles. The molecule has 8 heteroatoms. The number of rotatable bonds is 9. The number of ether oxygens (including phenoxy) is 1. The summed E-state index contributed by atoms with van der Waals surface area (Å²) in [5.74, 6) is 0.207. The third kappa shape index (κ3) is 5.99. The second-order valence-electron chi connectivity index (χ2n) is 8.19. The first-order valence-corrected chi connectivity index (χ1v) is 12.2. The molecule has 1 aliphatic rings. The van der Waals surface area contributed by atoms with Gasteiger partial charge in [0.15, 0.2) is 5.11 Å². The first kappa shape index (κ1) is 24.7. The molecule has 0 saturated carbocycles. The van der Waals surface area contributed by atoms with E-state index in [9.17, 15) is 9.59 Å². The maximum absolute atomic E-state index is 13.5. The van der Waals surface area contributed by atoms with Gasteiger partial charge in [-0.3, -0.25) is 14.5 Å². The monoisotopic (exact) mass is 507 g/mol. The van der Waals surface area contributed by atoms with E-state index in [4.69, 9.17) is 28.6 Å². The Morgan fingerprint density at radius 3 is 2.49 bits per heavy atom. The number of halogens is 1. The van der Waals surface area contributed by atoms with Gasteiger partial charge in [0, 0.05) is 17.3 Å². The molecule has 1 N–H and O–H groups in total. The SMILES string of the molecule is CCCOc1ccc(NC(=O)CC2C(=O)N(c3cccc(Cl)c3)C(=S)N2Cc2ccccc2)cc1. The van der Waals surface area contributed by atoms with Gasteiger partial charge in [-0.2, -0.15) is 0 Å². The fourth-order valence-electron chi connectivity index (χ4n) is 3.89. The summed E-state index contributed by atoms with van der Waals surface area (Å²) in [7, 11) is 0. The number of nitrogens with one attached hydrogen (secondary N) is 1. The fourth-order valence-corrected chi connectivity index (χ4v) is 4.46. The van der Waals surface area contributed by atoms with Crippen molar-refractivity contribution < 1.29 is 14.3 Å². The molecule has 180 valence electrons. The zero-order valence-electron chi connectivity index (χ0n) is 19.3. The zero-order valence-corrected chi connectivity index (χ0v) is 20.9. The quantitative estimate of drug-likeness (QED) is 0.379. The molecule has 35 heavy (non-hydrogen) atoms. The first-order valence-electron chi connectivity index (χ1n) is 11.4. The van der Waals surface area contributed by atoms with Crippen LogP contribution < -0.4 is 15.0 Å². The summed E-state index contributed by atoms with van der Waals surface area (Å²) >= 11 is 11.9. The van der Waals surface area contributed by atoms with Crippen molar-refractivity contribution in [2.45, 2.75) is 32.4 Å². The van der Waals surface area contributed by atoms with Crippen LogP contribution in [0.25, 0.3) is 0 Å². The predicted molar refractivity (Wildman–Crippen MR) is 143 cm³/mol. The van der Waals surface area contributed by atoms with Gasteiger partial charge in [-0.15, -0.1) is 0 Å².